The fraction of sp³-hybridized carbons (Fsp3) is 0.875. The molecule has 0 spiro atoms. The van der Waals surface area contributed by atoms with Gasteiger partial charge >= 0.3 is 0 Å². The monoisotopic (exact) mass is 176 g/mol. The lowest BCUT2D eigenvalue weighted by Crippen LogP contribution is -2.16. The molecule has 0 rings (SSSR count). The van der Waals surface area contributed by atoms with E-state index in [1.807, 2.05) is 0 Å². The normalized spacial score (nSPS) is 10.5. The summed E-state index contributed by atoms with van der Waals surface area (Å²) >= 11 is 0. The van der Waals surface area contributed by atoms with Crippen LogP contribution in [0.15, 0.2) is 0 Å². The largest absolute Gasteiger partial charge is 0.481 e. The molecule has 2 nitrogen and oxygen atoms in total. The second kappa shape index (κ2) is 5.35. The van der Waals surface area contributed by atoms with E-state index in [0.29, 0.717) is 5.04 Å². The first-order valence-electron chi connectivity index (χ1n) is 3.87. The summed E-state index contributed by atoms with van der Waals surface area (Å²) < 4.78 is 0. The molecular formula is C8H20O2Si. The summed E-state index contributed by atoms with van der Waals surface area (Å²) in [6, 6.07) is 0. The molecule has 0 atom stereocenters. The quantitative estimate of drug-likeness (QED) is 0.575. The van der Waals surface area contributed by atoms with Crippen LogP contribution in [0.3, 0.4) is 0 Å². The van der Waals surface area contributed by atoms with Crippen molar-refractivity contribution in [1.82, 2.24) is 0 Å². The smallest absolute Gasteiger partial charge is 0.300 e. The number of hydrogen-bond acceptors (Lipinski definition) is 1. The maximum Gasteiger partial charge on any atom is 0.300 e. The van der Waals surface area contributed by atoms with Gasteiger partial charge in [0.2, 0.25) is 0 Å². The molecule has 3 heteroatoms. The SMILES string of the molecule is CC(=O)O.C[SiH](C)C(C)(C)C. The average Bonchev–Trinajstić information content (AvgIpc) is 1.59. The molecule has 1 N–H and O–H groups in total. The van der Waals surface area contributed by atoms with Crippen molar-refractivity contribution in [3.8, 4) is 0 Å². The number of rotatable bonds is 0. The van der Waals surface area contributed by atoms with Gasteiger partial charge in [-0.3, -0.25) is 4.79 Å². The van der Waals surface area contributed by atoms with Gasteiger partial charge in [-0.05, 0) is 5.04 Å². The zero-order chi connectivity index (χ0) is 9.65. The molecule has 0 radical (unpaired) electrons. The minimum atomic E-state index is -0.833. The highest BCUT2D eigenvalue weighted by Crippen LogP contribution is 2.25. The molecular weight excluding hydrogens is 156 g/mol. The lowest BCUT2D eigenvalue weighted by Gasteiger charge is -2.21. The molecule has 0 aromatic heterocycles. The van der Waals surface area contributed by atoms with Crippen molar-refractivity contribution in [3.05, 3.63) is 0 Å². The Hall–Kier alpha value is -0.313. The first kappa shape index (κ1) is 13.3. The minimum absolute atomic E-state index is 0.359. The van der Waals surface area contributed by atoms with Crippen LogP contribution in [0.4, 0.5) is 0 Å². The van der Waals surface area contributed by atoms with Crippen LogP contribution >= 0.6 is 0 Å². The van der Waals surface area contributed by atoms with Gasteiger partial charge in [0.25, 0.3) is 5.97 Å². The molecule has 0 fully saturated rings. The van der Waals surface area contributed by atoms with E-state index in [2.05, 4.69) is 33.9 Å². The predicted octanol–water partition coefficient (Wildman–Crippen LogP) is 2.36. The molecule has 0 aliphatic heterocycles. The van der Waals surface area contributed by atoms with Crippen LogP contribution in [-0.2, 0) is 4.79 Å². The van der Waals surface area contributed by atoms with E-state index >= 15 is 0 Å². The van der Waals surface area contributed by atoms with Gasteiger partial charge in [-0.2, -0.15) is 0 Å². The summed E-state index contributed by atoms with van der Waals surface area (Å²) in [5, 5.41) is 8.06. The molecule has 0 saturated carbocycles. The number of hydrogen-bond donors (Lipinski definition) is 1. The van der Waals surface area contributed by atoms with E-state index < -0.39 is 5.97 Å². The molecule has 0 aromatic rings. The topological polar surface area (TPSA) is 37.3 Å². The van der Waals surface area contributed by atoms with Crippen LogP contribution in [-0.4, -0.2) is 19.9 Å². The Labute approximate surface area is 71.2 Å². The van der Waals surface area contributed by atoms with Gasteiger partial charge in [0, 0.05) is 15.7 Å². The van der Waals surface area contributed by atoms with Crippen molar-refractivity contribution in [2.24, 2.45) is 0 Å². The van der Waals surface area contributed by atoms with Crippen LogP contribution < -0.4 is 0 Å². The van der Waals surface area contributed by atoms with E-state index in [4.69, 9.17) is 9.90 Å². The molecule has 0 heterocycles. The van der Waals surface area contributed by atoms with Crippen molar-refractivity contribution in [3.63, 3.8) is 0 Å². The zero-order valence-corrected chi connectivity index (χ0v) is 9.59. The van der Waals surface area contributed by atoms with Crippen LogP contribution in [0.2, 0.25) is 18.1 Å². The van der Waals surface area contributed by atoms with E-state index in [-0.39, 0.29) is 8.80 Å². The van der Waals surface area contributed by atoms with Gasteiger partial charge in [-0.1, -0.05) is 33.9 Å². The second-order valence-corrected chi connectivity index (χ2v) is 8.08. The molecule has 0 aliphatic rings. The third kappa shape index (κ3) is 17.7. The van der Waals surface area contributed by atoms with Gasteiger partial charge in [-0.25, -0.2) is 0 Å². The Morgan fingerprint density at radius 2 is 1.36 bits per heavy atom. The molecule has 0 unspecified atom stereocenters. The number of carboxylic acid groups (broad SMARTS) is 1. The summed E-state index contributed by atoms with van der Waals surface area (Å²) in [6.45, 7) is 12.8. The standard InChI is InChI=1S/C6H16Si.C2H4O2/c1-6(2,3)7(4)5;1-2(3)4/h7H,1-5H3;1H3,(H,3,4). The van der Waals surface area contributed by atoms with E-state index in [1.165, 1.54) is 0 Å². The zero-order valence-electron chi connectivity index (χ0n) is 8.43. The van der Waals surface area contributed by atoms with E-state index in [1.54, 1.807) is 0 Å². The van der Waals surface area contributed by atoms with Crippen molar-refractivity contribution < 1.29 is 9.90 Å². The maximum absolute atomic E-state index is 9.00. The van der Waals surface area contributed by atoms with E-state index in [9.17, 15) is 0 Å². The highest BCUT2D eigenvalue weighted by atomic mass is 28.3. The van der Waals surface area contributed by atoms with Gasteiger partial charge in [0.15, 0.2) is 0 Å². The van der Waals surface area contributed by atoms with Gasteiger partial charge in [0.1, 0.15) is 0 Å². The fourth-order valence-electron chi connectivity index (χ4n) is 0. The Kier molecular flexibility index (Phi) is 6.47. The molecule has 0 amide bonds. The Bertz CT molecular complexity index is 110. The third-order valence-corrected chi connectivity index (χ3v) is 5.20. The molecule has 68 valence electrons. The van der Waals surface area contributed by atoms with Crippen molar-refractivity contribution in [2.45, 2.75) is 45.8 Å². The Balaban J connectivity index is 0. The third-order valence-electron chi connectivity index (χ3n) is 1.73. The molecule has 0 bridgehead atoms. The highest BCUT2D eigenvalue weighted by Gasteiger charge is 2.15. The molecule has 0 saturated heterocycles. The van der Waals surface area contributed by atoms with Crippen LogP contribution in [0.5, 0.6) is 0 Å². The van der Waals surface area contributed by atoms with Crippen molar-refractivity contribution in [1.29, 1.82) is 0 Å². The molecule has 0 aliphatic carbocycles. The van der Waals surface area contributed by atoms with Crippen LogP contribution in [0.25, 0.3) is 0 Å². The van der Waals surface area contributed by atoms with E-state index in [0.717, 1.165) is 6.92 Å². The van der Waals surface area contributed by atoms with Gasteiger partial charge in [0.05, 0.1) is 0 Å². The lowest BCUT2D eigenvalue weighted by molar-refractivity contribution is -0.134. The summed E-state index contributed by atoms with van der Waals surface area (Å²) in [4.78, 5) is 9.00. The predicted molar refractivity (Wildman–Crippen MR) is 51.9 cm³/mol. The highest BCUT2D eigenvalue weighted by molar-refractivity contribution is 6.59. The summed E-state index contributed by atoms with van der Waals surface area (Å²) in [7, 11) is -0.359. The Morgan fingerprint density at radius 1 is 1.27 bits per heavy atom. The minimum Gasteiger partial charge on any atom is -0.481 e. The first-order chi connectivity index (χ1) is 4.68. The maximum atomic E-state index is 9.00. The summed E-state index contributed by atoms with van der Waals surface area (Å²) in [5.74, 6) is -0.833. The molecule has 11 heavy (non-hydrogen) atoms. The molecule has 0 aromatic carbocycles. The average molecular weight is 176 g/mol. The first-order valence-corrected chi connectivity index (χ1v) is 6.76. The fourth-order valence-corrected chi connectivity index (χ4v) is 0. The van der Waals surface area contributed by atoms with Crippen molar-refractivity contribution in [2.75, 3.05) is 0 Å². The second-order valence-electron chi connectivity index (χ2n) is 4.04. The number of carbonyl (C=O) groups is 1. The van der Waals surface area contributed by atoms with Gasteiger partial charge in [-0.15, -0.1) is 0 Å². The Morgan fingerprint density at radius 3 is 1.36 bits per heavy atom. The number of aliphatic carboxylic acids is 1. The van der Waals surface area contributed by atoms with Crippen molar-refractivity contribution >= 4 is 14.8 Å². The van der Waals surface area contributed by atoms with Crippen LogP contribution in [0, 0.1) is 0 Å². The lowest BCUT2D eigenvalue weighted by atomic mass is 10.2. The van der Waals surface area contributed by atoms with Crippen LogP contribution in [0.1, 0.15) is 27.7 Å². The summed E-state index contributed by atoms with van der Waals surface area (Å²) in [6.07, 6.45) is 0. The summed E-state index contributed by atoms with van der Waals surface area (Å²) in [5.41, 5.74) is 0. The number of carboxylic acids is 1. The van der Waals surface area contributed by atoms with Gasteiger partial charge < -0.3 is 5.11 Å².